The van der Waals surface area contributed by atoms with Crippen LogP contribution in [-0.2, 0) is 4.79 Å². The molecule has 7 nitrogen and oxygen atoms in total. The molecule has 0 aliphatic carbocycles. The Morgan fingerprint density at radius 1 is 1.20 bits per heavy atom. The maximum absolute atomic E-state index is 12.2. The molecule has 0 radical (unpaired) electrons. The molecule has 0 fully saturated rings. The highest BCUT2D eigenvalue weighted by Gasteiger charge is 2.18. The number of pyridine rings is 1. The summed E-state index contributed by atoms with van der Waals surface area (Å²) in [5, 5.41) is 8.54. The van der Waals surface area contributed by atoms with Gasteiger partial charge < -0.3 is 20.7 Å². The zero-order valence-electron chi connectivity index (χ0n) is 14.1. The van der Waals surface area contributed by atoms with Gasteiger partial charge in [0.15, 0.2) is 6.61 Å². The number of anilines is 1. The number of carbonyl (C=O) groups excluding carboxylic acids is 2. The summed E-state index contributed by atoms with van der Waals surface area (Å²) in [5.74, 6) is 0.443. The first-order valence-electron chi connectivity index (χ1n) is 8.06. The van der Waals surface area contributed by atoms with E-state index in [1.807, 2.05) is 38.1 Å². The number of benzene rings is 1. The number of nitrogens with zero attached hydrogens (tertiary/aromatic N) is 1. The summed E-state index contributed by atoms with van der Waals surface area (Å²) in [6.07, 6.45) is 3.41. The van der Waals surface area contributed by atoms with Crippen molar-refractivity contribution in [1.29, 1.82) is 0 Å². The van der Waals surface area contributed by atoms with Crippen molar-refractivity contribution in [2.45, 2.75) is 25.9 Å². The highest BCUT2D eigenvalue weighted by molar-refractivity contribution is 5.95. The Labute approximate surface area is 145 Å². The van der Waals surface area contributed by atoms with E-state index in [1.54, 1.807) is 18.5 Å². The van der Waals surface area contributed by atoms with Gasteiger partial charge >= 0.3 is 6.03 Å². The van der Waals surface area contributed by atoms with Crippen molar-refractivity contribution in [3.63, 3.8) is 0 Å². The Morgan fingerprint density at radius 3 is 2.68 bits per heavy atom. The van der Waals surface area contributed by atoms with Gasteiger partial charge in [-0.1, -0.05) is 12.1 Å². The van der Waals surface area contributed by atoms with Crippen LogP contribution in [0, 0.1) is 0 Å². The molecular weight excluding hydrogens is 320 g/mol. The van der Waals surface area contributed by atoms with Crippen molar-refractivity contribution in [2.24, 2.45) is 0 Å². The zero-order chi connectivity index (χ0) is 17.8. The summed E-state index contributed by atoms with van der Waals surface area (Å²) in [4.78, 5) is 27.7. The fourth-order valence-electron chi connectivity index (χ4n) is 2.60. The van der Waals surface area contributed by atoms with Crippen molar-refractivity contribution in [2.75, 3.05) is 11.9 Å². The Balaban J connectivity index is 1.62. The lowest BCUT2D eigenvalue weighted by molar-refractivity contribution is -0.118. The molecule has 3 rings (SSSR count). The molecule has 3 N–H and O–H groups in total. The molecule has 130 valence electrons. The minimum Gasteiger partial charge on any atom is -0.482 e. The average Bonchev–Trinajstić information content (AvgIpc) is 2.61. The molecule has 0 saturated carbocycles. The summed E-state index contributed by atoms with van der Waals surface area (Å²) in [5.41, 5.74) is 2.42. The third-order valence-electron chi connectivity index (χ3n) is 4.02. The van der Waals surface area contributed by atoms with Gasteiger partial charge in [-0.05, 0) is 43.2 Å². The fourth-order valence-corrected chi connectivity index (χ4v) is 2.60. The molecule has 2 unspecified atom stereocenters. The lowest BCUT2D eigenvalue weighted by Crippen LogP contribution is -2.38. The largest absolute Gasteiger partial charge is 0.482 e. The van der Waals surface area contributed by atoms with Crippen LogP contribution in [0.15, 0.2) is 42.7 Å². The predicted octanol–water partition coefficient (Wildman–Crippen LogP) is 2.53. The Morgan fingerprint density at radius 2 is 1.96 bits per heavy atom. The van der Waals surface area contributed by atoms with E-state index in [1.165, 1.54) is 0 Å². The lowest BCUT2D eigenvalue weighted by atomic mass is 10.1. The summed E-state index contributed by atoms with van der Waals surface area (Å²) in [6.45, 7) is 3.80. The van der Waals surface area contributed by atoms with Gasteiger partial charge in [0, 0.05) is 12.4 Å². The molecule has 0 saturated heterocycles. The van der Waals surface area contributed by atoms with E-state index in [0.29, 0.717) is 11.4 Å². The van der Waals surface area contributed by atoms with Gasteiger partial charge in [-0.25, -0.2) is 4.79 Å². The summed E-state index contributed by atoms with van der Waals surface area (Å²) >= 11 is 0. The summed E-state index contributed by atoms with van der Waals surface area (Å²) < 4.78 is 5.34. The number of rotatable bonds is 4. The zero-order valence-corrected chi connectivity index (χ0v) is 14.1. The second-order valence-electron chi connectivity index (χ2n) is 5.94. The van der Waals surface area contributed by atoms with Gasteiger partial charge in [0.2, 0.25) is 0 Å². The molecule has 0 spiro atoms. The van der Waals surface area contributed by atoms with E-state index in [2.05, 4.69) is 20.9 Å². The second kappa shape index (κ2) is 7.21. The quantitative estimate of drug-likeness (QED) is 0.797. The normalized spacial score (nSPS) is 15.2. The van der Waals surface area contributed by atoms with Gasteiger partial charge in [-0.15, -0.1) is 0 Å². The van der Waals surface area contributed by atoms with E-state index in [-0.39, 0.29) is 30.6 Å². The van der Waals surface area contributed by atoms with Crippen LogP contribution in [0.5, 0.6) is 5.75 Å². The highest BCUT2D eigenvalue weighted by Crippen LogP contribution is 2.30. The molecular formula is C18H20N4O3. The van der Waals surface area contributed by atoms with E-state index < -0.39 is 0 Å². The van der Waals surface area contributed by atoms with Crippen LogP contribution in [0.2, 0.25) is 0 Å². The van der Waals surface area contributed by atoms with E-state index in [4.69, 9.17) is 4.74 Å². The molecule has 7 heteroatoms. The number of hydrogen-bond acceptors (Lipinski definition) is 4. The number of fused-ring (bicyclic) bond motifs is 1. The minimum absolute atomic E-state index is 0.0226. The monoisotopic (exact) mass is 340 g/mol. The first kappa shape index (κ1) is 16.8. The maximum atomic E-state index is 12.2. The summed E-state index contributed by atoms with van der Waals surface area (Å²) in [7, 11) is 0. The van der Waals surface area contributed by atoms with Crippen molar-refractivity contribution >= 4 is 17.6 Å². The van der Waals surface area contributed by atoms with Crippen LogP contribution < -0.4 is 20.7 Å². The van der Waals surface area contributed by atoms with E-state index in [9.17, 15) is 9.59 Å². The van der Waals surface area contributed by atoms with Crippen molar-refractivity contribution in [1.82, 2.24) is 15.6 Å². The van der Waals surface area contributed by atoms with Gasteiger partial charge in [-0.2, -0.15) is 0 Å². The van der Waals surface area contributed by atoms with Crippen LogP contribution in [0.25, 0.3) is 0 Å². The van der Waals surface area contributed by atoms with Crippen LogP contribution in [0.1, 0.15) is 37.1 Å². The van der Waals surface area contributed by atoms with E-state index in [0.717, 1.165) is 11.1 Å². The topological polar surface area (TPSA) is 92.4 Å². The van der Waals surface area contributed by atoms with E-state index >= 15 is 0 Å². The van der Waals surface area contributed by atoms with Gasteiger partial charge in [0.25, 0.3) is 5.91 Å². The molecule has 0 bridgehead atoms. The van der Waals surface area contributed by atoms with Crippen LogP contribution in [-0.4, -0.2) is 23.5 Å². The van der Waals surface area contributed by atoms with Crippen molar-refractivity contribution < 1.29 is 14.3 Å². The van der Waals surface area contributed by atoms with Crippen LogP contribution in [0.4, 0.5) is 10.5 Å². The fraction of sp³-hybridized carbons (Fsp3) is 0.278. The van der Waals surface area contributed by atoms with Crippen molar-refractivity contribution in [3.05, 3.63) is 53.9 Å². The lowest BCUT2D eigenvalue weighted by Gasteiger charge is -2.22. The van der Waals surface area contributed by atoms with Crippen LogP contribution in [0.3, 0.4) is 0 Å². The number of ether oxygens (including phenoxy) is 1. The third-order valence-corrected chi connectivity index (χ3v) is 4.02. The minimum atomic E-state index is -0.276. The molecule has 1 aromatic carbocycles. The first-order chi connectivity index (χ1) is 12.0. The number of nitrogens with one attached hydrogen (secondary N) is 3. The first-order valence-corrected chi connectivity index (χ1v) is 8.06. The van der Waals surface area contributed by atoms with Gasteiger partial charge in [0.05, 0.1) is 17.8 Å². The third kappa shape index (κ3) is 4.06. The predicted molar refractivity (Wildman–Crippen MR) is 93.3 cm³/mol. The van der Waals surface area contributed by atoms with Crippen LogP contribution >= 0.6 is 0 Å². The molecule has 3 amide bonds. The Hall–Kier alpha value is -3.09. The number of urea groups is 1. The average molecular weight is 340 g/mol. The molecule has 1 aliphatic rings. The highest BCUT2D eigenvalue weighted by atomic mass is 16.5. The molecule has 1 aromatic heterocycles. The molecule has 2 atom stereocenters. The van der Waals surface area contributed by atoms with Gasteiger partial charge in [-0.3, -0.25) is 9.78 Å². The Bertz CT molecular complexity index is 779. The number of aromatic nitrogens is 1. The molecule has 1 aliphatic heterocycles. The molecule has 25 heavy (non-hydrogen) atoms. The Kier molecular flexibility index (Phi) is 4.83. The van der Waals surface area contributed by atoms with Crippen molar-refractivity contribution in [3.8, 4) is 5.75 Å². The smallest absolute Gasteiger partial charge is 0.315 e. The standard InChI is InChI=1S/C18H20N4O3/c1-11(13-5-6-16-15(8-13)22-17(23)10-25-16)20-18(24)21-12(2)14-4-3-7-19-9-14/h3-9,11-12H,10H2,1-2H3,(H,22,23)(H2,20,21,24). The number of amides is 3. The number of carbonyl (C=O) groups is 2. The number of hydrogen-bond donors (Lipinski definition) is 3. The second-order valence-corrected chi connectivity index (χ2v) is 5.94. The molecule has 2 heterocycles. The SMILES string of the molecule is CC(NC(=O)NC(C)c1ccc2c(c1)NC(=O)CO2)c1cccnc1. The molecule has 2 aromatic rings. The summed E-state index contributed by atoms with van der Waals surface area (Å²) in [6, 6.07) is 8.54. The van der Waals surface area contributed by atoms with Gasteiger partial charge in [0.1, 0.15) is 5.75 Å². The maximum Gasteiger partial charge on any atom is 0.315 e.